The van der Waals surface area contributed by atoms with Crippen molar-refractivity contribution >= 4 is 23.5 Å². The maximum Gasteiger partial charge on any atom is 0.226 e. The molecule has 0 aromatic carbocycles. The molecule has 1 N–H and O–H groups in total. The fourth-order valence-electron chi connectivity index (χ4n) is 1.54. The van der Waals surface area contributed by atoms with Crippen molar-refractivity contribution in [3.05, 3.63) is 36.3 Å². The number of pyridine rings is 1. The second-order valence-corrected chi connectivity index (χ2v) is 5.25. The Balaban J connectivity index is 1.77. The molecule has 2 rings (SSSR count). The summed E-state index contributed by atoms with van der Waals surface area (Å²) in [6.45, 7) is 1.97. The Bertz CT molecular complexity index is 567. The van der Waals surface area contributed by atoms with Crippen LogP contribution >= 0.6 is 11.8 Å². The van der Waals surface area contributed by atoms with E-state index in [-0.39, 0.29) is 5.91 Å². The van der Waals surface area contributed by atoms with Gasteiger partial charge >= 0.3 is 0 Å². The van der Waals surface area contributed by atoms with Crippen molar-refractivity contribution in [2.24, 2.45) is 7.05 Å². The summed E-state index contributed by atoms with van der Waals surface area (Å²) in [6, 6.07) is 3.75. The first kappa shape index (κ1) is 13.6. The molecule has 0 aliphatic heterocycles. The molecule has 6 heteroatoms. The summed E-state index contributed by atoms with van der Waals surface area (Å²) < 4.78 is 1.94. The van der Waals surface area contributed by atoms with Crippen LogP contribution in [0.3, 0.4) is 0 Å². The quantitative estimate of drug-likeness (QED) is 0.851. The molecule has 2 aromatic rings. The summed E-state index contributed by atoms with van der Waals surface area (Å²) >= 11 is 1.57. The molecule has 5 nitrogen and oxygen atoms in total. The fraction of sp³-hybridized carbons (Fsp3) is 0.308. The predicted octanol–water partition coefficient (Wildman–Crippen LogP) is 2.24. The lowest BCUT2D eigenvalue weighted by Gasteiger charge is -2.05. The van der Waals surface area contributed by atoms with Gasteiger partial charge < -0.3 is 9.88 Å². The minimum atomic E-state index is -0.0280. The van der Waals surface area contributed by atoms with E-state index in [9.17, 15) is 4.79 Å². The second-order valence-electron chi connectivity index (χ2n) is 4.19. The van der Waals surface area contributed by atoms with Crippen molar-refractivity contribution in [3.63, 3.8) is 0 Å². The monoisotopic (exact) mass is 276 g/mol. The van der Waals surface area contributed by atoms with Gasteiger partial charge in [-0.05, 0) is 24.6 Å². The SMILES string of the molecule is Cc1ccnc(NC(=O)CCSc2nccn2C)c1. The van der Waals surface area contributed by atoms with Crippen LogP contribution < -0.4 is 5.32 Å². The molecule has 0 saturated heterocycles. The van der Waals surface area contributed by atoms with E-state index >= 15 is 0 Å². The molecule has 2 heterocycles. The number of nitrogens with zero attached hydrogens (tertiary/aromatic N) is 3. The number of hydrogen-bond acceptors (Lipinski definition) is 4. The zero-order valence-corrected chi connectivity index (χ0v) is 11.8. The van der Waals surface area contributed by atoms with Gasteiger partial charge in [-0.15, -0.1) is 0 Å². The second kappa shape index (κ2) is 6.38. The van der Waals surface area contributed by atoms with Crippen LogP contribution in [0.15, 0.2) is 35.9 Å². The molecule has 0 saturated carbocycles. The number of rotatable bonds is 5. The standard InChI is InChI=1S/C13H16N4OS/c1-10-3-5-14-11(9-10)16-12(18)4-8-19-13-15-6-7-17(13)2/h3,5-7,9H,4,8H2,1-2H3,(H,14,16,18). The highest BCUT2D eigenvalue weighted by Crippen LogP contribution is 2.15. The van der Waals surface area contributed by atoms with Crippen LogP contribution in [-0.4, -0.2) is 26.2 Å². The molecule has 0 aliphatic rings. The number of carbonyl (C=O) groups excluding carboxylic acids is 1. The van der Waals surface area contributed by atoms with E-state index in [1.165, 1.54) is 0 Å². The van der Waals surface area contributed by atoms with Crippen molar-refractivity contribution < 1.29 is 4.79 Å². The lowest BCUT2D eigenvalue weighted by molar-refractivity contribution is -0.115. The molecule has 2 aromatic heterocycles. The van der Waals surface area contributed by atoms with Crippen LogP contribution in [0.5, 0.6) is 0 Å². The van der Waals surface area contributed by atoms with Crippen molar-refractivity contribution in [1.29, 1.82) is 0 Å². The number of imidazole rings is 1. The summed E-state index contributed by atoms with van der Waals surface area (Å²) in [7, 11) is 1.94. The van der Waals surface area contributed by atoms with E-state index in [4.69, 9.17) is 0 Å². The number of aryl methyl sites for hydroxylation is 2. The molecule has 19 heavy (non-hydrogen) atoms. The molecule has 0 atom stereocenters. The van der Waals surface area contributed by atoms with Crippen molar-refractivity contribution in [2.75, 3.05) is 11.1 Å². The highest BCUT2D eigenvalue weighted by atomic mass is 32.2. The van der Waals surface area contributed by atoms with Gasteiger partial charge in [0.25, 0.3) is 0 Å². The van der Waals surface area contributed by atoms with Crippen molar-refractivity contribution in [3.8, 4) is 0 Å². The summed E-state index contributed by atoms with van der Waals surface area (Å²) in [6.07, 6.45) is 5.76. The first-order chi connectivity index (χ1) is 9.15. The van der Waals surface area contributed by atoms with Gasteiger partial charge in [-0.25, -0.2) is 9.97 Å². The Hall–Kier alpha value is -1.82. The maximum absolute atomic E-state index is 11.7. The van der Waals surface area contributed by atoms with Gasteiger partial charge in [-0.2, -0.15) is 0 Å². The minimum absolute atomic E-state index is 0.0280. The summed E-state index contributed by atoms with van der Waals surface area (Å²) in [4.78, 5) is 20.0. The predicted molar refractivity (Wildman–Crippen MR) is 76.2 cm³/mol. The summed E-state index contributed by atoms with van der Waals surface area (Å²) in [5.41, 5.74) is 1.08. The van der Waals surface area contributed by atoms with E-state index in [2.05, 4.69) is 15.3 Å². The van der Waals surface area contributed by atoms with Gasteiger partial charge in [0.2, 0.25) is 5.91 Å². The first-order valence-corrected chi connectivity index (χ1v) is 6.96. The highest BCUT2D eigenvalue weighted by molar-refractivity contribution is 7.99. The van der Waals surface area contributed by atoms with Crippen LogP contribution in [0.2, 0.25) is 0 Å². The number of thioether (sulfide) groups is 1. The third kappa shape index (κ3) is 4.10. The Morgan fingerprint density at radius 3 is 2.95 bits per heavy atom. The van der Waals surface area contributed by atoms with Gasteiger partial charge in [0, 0.05) is 37.8 Å². The number of aromatic nitrogens is 3. The van der Waals surface area contributed by atoms with Crippen LogP contribution in [0.25, 0.3) is 0 Å². The van der Waals surface area contributed by atoms with E-state index in [1.807, 2.05) is 36.9 Å². The number of hydrogen-bond donors (Lipinski definition) is 1. The van der Waals surface area contributed by atoms with Gasteiger partial charge in [0.1, 0.15) is 5.82 Å². The minimum Gasteiger partial charge on any atom is -0.329 e. The van der Waals surface area contributed by atoms with Gasteiger partial charge in [0.15, 0.2) is 5.16 Å². The molecular weight excluding hydrogens is 260 g/mol. The average Bonchev–Trinajstić information content (AvgIpc) is 2.75. The van der Waals surface area contributed by atoms with Gasteiger partial charge in [-0.3, -0.25) is 4.79 Å². The zero-order valence-electron chi connectivity index (χ0n) is 11.0. The maximum atomic E-state index is 11.7. The van der Waals surface area contributed by atoms with Gasteiger partial charge in [0.05, 0.1) is 0 Å². The third-order valence-electron chi connectivity index (χ3n) is 2.52. The molecule has 0 fully saturated rings. The van der Waals surface area contributed by atoms with E-state index in [0.29, 0.717) is 18.0 Å². The summed E-state index contributed by atoms with van der Waals surface area (Å²) in [5, 5.41) is 3.70. The van der Waals surface area contributed by atoms with Crippen molar-refractivity contribution in [2.45, 2.75) is 18.5 Å². The molecule has 0 spiro atoms. The fourth-order valence-corrected chi connectivity index (χ4v) is 2.41. The molecule has 100 valence electrons. The molecule has 0 bridgehead atoms. The zero-order chi connectivity index (χ0) is 13.7. The number of carbonyl (C=O) groups is 1. The Morgan fingerprint density at radius 1 is 1.42 bits per heavy atom. The molecular formula is C13H16N4OS. The largest absolute Gasteiger partial charge is 0.329 e. The number of amides is 1. The van der Waals surface area contributed by atoms with Crippen LogP contribution in [0, 0.1) is 6.92 Å². The van der Waals surface area contributed by atoms with Crippen LogP contribution in [0.4, 0.5) is 5.82 Å². The smallest absolute Gasteiger partial charge is 0.226 e. The average molecular weight is 276 g/mol. The number of nitrogens with one attached hydrogen (secondary N) is 1. The van der Waals surface area contributed by atoms with E-state index < -0.39 is 0 Å². The topological polar surface area (TPSA) is 59.8 Å². The summed E-state index contributed by atoms with van der Waals surface area (Å²) in [5.74, 6) is 1.27. The highest BCUT2D eigenvalue weighted by Gasteiger charge is 2.05. The normalized spacial score (nSPS) is 10.4. The Morgan fingerprint density at radius 2 is 2.26 bits per heavy atom. The molecule has 1 amide bonds. The lowest BCUT2D eigenvalue weighted by Crippen LogP contribution is -2.13. The first-order valence-electron chi connectivity index (χ1n) is 5.98. The van der Waals surface area contributed by atoms with Crippen LogP contribution in [-0.2, 0) is 11.8 Å². The molecule has 0 radical (unpaired) electrons. The van der Waals surface area contributed by atoms with E-state index in [1.54, 1.807) is 24.2 Å². The van der Waals surface area contributed by atoms with Crippen molar-refractivity contribution in [1.82, 2.24) is 14.5 Å². The number of anilines is 1. The van der Waals surface area contributed by atoms with Gasteiger partial charge in [-0.1, -0.05) is 11.8 Å². The lowest BCUT2D eigenvalue weighted by atomic mass is 10.3. The Kier molecular flexibility index (Phi) is 4.57. The van der Waals surface area contributed by atoms with Crippen LogP contribution in [0.1, 0.15) is 12.0 Å². The van der Waals surface area contributed by atoms with E-state index in [0.717, 1.165) is 10.7 Å². The molecule has 0 unspecified atom stereocenters. The molecule has 0 aliphatic carbocycles. The Labute approximate surface area is 116 Å². The third-order valence-corrected chi connectivity index (χ3v) is 3.58.